The van der Waals surface area contributed by atoms with Crippen LogP contribution in [0.2, 0.25) is 9.49 Å². The molecule has 0 fully saturated rings. The summed E-state index contributed by atoms with van der Waals surface area (Å²) in [4.78, 5) is 3.94. The zero-order valence-electron chi connectivity index (χ0n) is 11.4. The molecular weight excluding hydrogens is 351 g/mol. The number of rotatable bonds is 5. The molecule has 0 saturated carbocycles. The van der Waals surface area contributed by atoms with E-state index < -0.39 is 10.0 Å². The Morgan fingerprint density at radius 3 is 2.38 bits per heavy atom. The third-order valence-electron chi connectivity index (χ3n) is 2.95. The van der Waals surface area contributed by atoms with Crippen LogP contribution in [0.1, 0.15) is 30.6 Å². The SMILES string of the molecule is CCC(NS(=O)(=O)c1sc(Cl)nc1C)c1ccc(Cl)cc1. The van der Waals surface area contributed by atoms with Gasteiger partial charge in [-0.15, -0.1) is 0 Å². The lowest BCUT2D eigenvalue weighted by molar-refractivity contribution is 0.551. The summed E-state index contributed by atoms with van der Waals surface area (Å²) in [6.07, 6.45) is 0.618. The van der Waals surface area contributed by atoms with Crippen LogP contribution >= 0.6 is 34.5 Å². The minimum Gasteiger partial charge on any atom is -0.229 e. The van der Waals surface area contributed by atoms with Crippen LogP contribution in [0.25, 0.3) is 0 Å². The normalized spacial score (nSPS) is 13.3. The van der Waals surface area contributed by atoms with E-state index in [-0.39, 0.29) is 14.7 Å². The largest absolute Gasteiger partial charge is 0.252 e. The molecule has 0 spiro atoms. The first kappa shape index (κ1) is 16.7. The van der Waals surface area contributed by atoms with Crippen molar-refractivity contribution in [2.45, 2.75) is 30.5 Å². The van der Waals surface area contributed by atoms with Crippen molar-refractivity contribution in [2.24, 2.45) is 0 Å². The maximum Gasteiger partial charge on any atom is 0.252 e. The zero-order valence-corrected chi connectivity index (χ0v) is 14.6. The Balaban J connectivity index is 2.29. The fourth-order valence-corrected chi connectivity index (χ4v) is 5.11. The van der Waals surface area contributed by atoms with Crippen LogP contribution in [-0.2, 0) is 10.0 Å². The number of halogens is 2. The van der Waals surface area contributed by atoms with Gasteiger partial charge in [-0.05, 0) is 31.0 Å². The maximum atomic E-state index is 12.5. The summed E-state index contributed by atoms with van der Waals surface area (Å²) in [5.41, 5.74) is 1.27. The third kappa shape index (κ3) is 3.96. The highest BCUT2D eigenvalue weighted by Crippen LogP contribution is 2.29. The summed E-state index contributed by atoms with van der Waals surface area (Å²) in [7, 11) is -3.65. The molecule has 2 rings (SSSR count). The van der Waals surface area contributed by atoms with Crippen LogP contribution in [0.5, 0.6) is 0 Å². The summed E-state index contributed by atoms with van der Waals surface area (Å²) < 4.78 is 28.0. The third-order valence-corrected chi connectivity index (χ3v) is 6.55. The summed E-state index contributed by atoms with van der Waals surface area (Å²) in [5, 5.41) is 0.613. The van der Waals surface area contributed by atoms with Crippen molar-refractivity contribution >= 4 is 44.6 Å². The van der Waals surface area contributed by atoms with E-state index in [0.29, 0.717) is 17.1 Å². The molecule has 0 aliphatic heterocycles. The molecule has 0 saturated heterocycles. The smallest absolute Gasteiger partial charge is 0.229 e. The van der Waals surface area contributed by atoms with Gasteiger partial charge < -0.3 is 0 Å². The molecule has 4 nitrogen and oxygen atoms in total. The predicted octanol–water partition coefficient (Wildman–Crippen LogP) is 4.19. The highest BCUT2D eigenvalue weighted by atomic mass is 35.5. The van der Waals surface area contributed by atoms with Crippen molar-refractivity contribution in [1.82, 2.24) is 9.71 Å². The van der Waals surface area contributed by atoms with Gasteiger partial charge in [0.05, 0.1) is 5.69 Å². The minimum atomic E-state index is -3.65. The number of thiazole rings is 1. The highest BCUT2D eigenvalue weighted by Gasteiger charge is 2.25. The quantitative estimate of drug-likeness (QED) is 0.864. The minimum absolute atomic E-state index is 0.153. The average Bonchev–Trinajstić information content (AvgIpc) is 2.77. The van der Waals surface area contributed by atoms with E-state index in [4.69, 9.17) is 23.2 Å². The van der Waals surface area contributed by atoms with Crippen LogP contribution < -0.4 is 4.72 Å². The maximum absolute atomic E-state index is 12.5. The molecule has 0 bridgehead atoms. The van der Waals surface area contributed by atoms with Gasteiger partial charge in [-0.25, -0.2) is 18.1 Å². The standard InChI is InChI=1S/C13H14Cl2N2O2S2/c1-3-11(9-4-6-10(14)7-5-9)17-21(18,19)12-8(2)16-13(15)20-12/h4-7,11,17H,3H2,1-2H3. The number of sulfonamides is 1. The zero-order chi connectivity index (χ0) is 15.6. The monoisotopic (exact) mass is 364 g/mol. The van der Waals surface area contributed by atoms with Crippen LogP contribution in [0.3, 0.4) is 0 Å². The van der Waals surface area contributed by atoms with E-state index in [2.05, 4.69) is 9.71 Å². The first-order chi connectivity index (χ1) is 9.83. The van der Waals surface area contributed by atoms with Crippen molar-refractivity contribution < 1.29 is 8.42 Å². The first-order valence-corrected chi connectivity index (χ1v) is 9.29. The van der Waals surface area contributed by atoms with Gasteiger partial charge in [0.2, 0.25) is 0 Å². The Labute approximate surface area is 138 Å². The summed E-state index contributed by atoms with van der Waals surface area (Å²) in [6, 6.07) is 6.77. The lowest BCUT2D eigenvalue weighted by atomic mass is 10.1. The molecule has 2 aromatic rings. The molecule has 0 radical (unpaired) electrons. The second-order valence-corrected chi connectivity index (χ2v) is 8.40. The van der Waals surface area contributed by atoms with E-state index in [1.54, 1.807) is 19.1 Å². The van der Waals surface area contributed by atoms with Crippen molar-refractivity contribution in [2.75, 3.05) is 0 Å². The molecule has 1 aromatic heterocycles. The number of aromatic nitrogens is 1. The van der Waals surface area contributed by atoms with Crippen molar-refractivity contribution in [3.63, 3.8) is 0 Å². The Hall–Kier alpha value is -0.660. The topological polar surface area (TPSA) is 59.1 Å². The fraction of sp³-hybridized carbons (Fsp3) is 0.308. The molecule has 0 aliphatic rings. The predicted molar refractivity (Wildman–Crippen MR) is 86.7 cm³/mol. The summed E-state index contributed by atoms with van der Waals surface area (Å²) in [6.45, 7) is 3.54. The molecule has 1 N–H and O–H groups in total. The molecular formula is C13H14Cl2N2O2S2. The van der Waals surface area contributed by atoms with Gasteiger partial charge in [-0.2, -0.15) is 0 Å². The van der Waals surface area contributed by atoms with E-state index in [0.717, 1.165) is 16.9 Å². The van der Waals surface area contributed by atoms with E-state index in [1.165, 1.54) is 0 Å². The van der Waals surface area contributed by atoms with Gasteiger partial charge in [-0.3, -0.25) is 0 Å². The number of benzene rings is 1. The molecule has 1 unspecified atom stereocenters. The molecule has 1 atom stereocenters. The second kappa shape index (κ2) is 6.62. The summed E-state index contributed by atoms with van der Waals surface area (Å²) in [5.74, 6) is 0. The fourth-order valence-electron chi connectivity index (χ4n) is 1.92. The number of hydrogen-bond donors (Lipinski definition) is 1. The van der Waals surface area contributed by atoms with E-state index in [1.807, 2.05) is 19.1 Å². The molecule has 1 aromatic carbocycles. The van der Waals surface area contributed by atoms with Crippen LogP contribution in [0.4, 0.5) is 0 Å². The number of nitrogens with zero attached hydrogens (tertiary/aromatic N) is 1. The van der Waals surface area contributed by atoms with E-state index >= 15 is 0 Å². The average molecular weight is 365 g/mol. The molecule has 114 valence electrons. The van der Waals surface area contributed by atoms with Gasteiger partial charge in [-0.1, -0.05) is 53.6 Å². The molecule has 21 heavy (non-hydrogen) atoms. The van der Waals surface area contributed by atoms with Gasteiger partial charge in [0.25, 0.3) is 10.0 Å². The Morgan fingerprint density at radius 1 is 1.29 bits per heavy atom. The Kier molecular flexibility index (Phi) is 5.27. The number of nitrogens with one attached hydrogen (secondary N) is 1. The Bertz CT molecular complexity index is 727. The van der Waals surface area contributed by atoms with Gasteiger partial charge in [0.1, 0.15) is 0 Å². The molecule has 1 heterocycles. The lowest BCUT2D eigenvalue weighted by Gasteiger charge is -2.17. The van der Waals surface area contributed by atoms with Crippen LogP contribution in [0.15, 0.2) is 28.5 Å². The van der Waals surface area contributed by atoms with Crippen LogP contribution in [-0.4, -0.2) is 13.4 Å². The van der Waals surface area contributed by atoms with Crippen molar-refractivity contribution in [3.05, 3.63) is 45.0 Å². The molecule has 0 amide bonds. The first-order valence-electron chi connectivity index (χ1n) is 6.24. The van der Waals surface area contributed by atoms with Gasteiger partial charge in [0.15, 0.2) is 8.68 Å². The number of hydrogen-bond acceptors (Lipinski definition) is 4. The lowest BCUT2D eigenvalue weighted by Crippen LogP contribution is -2.28. The van der Waals surface area contributed by atoms with Crippen LogP contribution in [0, 0.1) is 6.92 Å². The molecule has 8 heteroatoms. The van der Waals surface area contributed by atoms with Crippen molar-refractivity contribution in [3.8, 4) is 0 Å². The number of aryl methyl sites for hydroxylation is 1. The molecule has 0 aliphatic carbocycles. The van der Waals surface area contributed by atoms with E-state index in [9.17, 15) is 8.42 Å². The Morgan fingerprint density at radius 2 is 1.90 bits per heavy atom. The second-order valence-electron chi connectivity index (χ2n) is 4.47. The highest BCUT2D eigenvalue weighted by molar-refractivity contribution is 7.91. The summed E-state index contributed by atoms with van der Waals surface area (Å²) >= 11 is 12.6. The van der Waals surface area contributed by atoms with Gasteiger partial charge in [0, 0.05) is 11.1 Å². The van der Waals surface area contributed by atoms with Crippen molar-refractivity contribution in [1.29, 1.82) is 0 Å². The van der Waals surface area contributed by atoms with Gasteiger partial charge >= 0.3 is 0 Å².